The number of sulfonamides is 1. The molecule has 1 aliphatic rings. The molecule has 1 saturated heterocycles. The van der Waals surface area contributed by atoms with E-state index in [9.17, 15) is 18.0 Å². The molecule has 1 unspecified atom stereocenters. The van der Waals surface area contributed by atoms with Crippen LogP contribution in [0.25, 0.3) is 0 Å². The van der Waals surface area contributed by atoms with Gasteiger partial charge < -0.3 is 19.9 Å². The first-order valence-electron chi connectivity index (χ1n) is 6.44. The predicted molar refractivity (Wildman–Crippen MR) is 72.2 cm³/mol. The van der Waals surface area contributed by atoms with Crippen molar-refractivity contribution in [3.63, 3.8) is 0 Å². The Bertz CT molecular complexity index is 459. The summed E-state index contributed by atoms with van der Waals surface area (Å²) >= 11 is 0. The average Bonchev–Trinajstić information content (AvgIpc) is 2.46. The quantitative estimate of drug-likeness (QED) is 0.543. The Hall–Kier alpha value is -1.23. The number of rotatable bonds is 8. The Morgan fingerprint density at radius 1 is 1.38 bits per heavy atom. The molecule has 1 aliphatic heterocycles. The molecular weight excluding hydrogens is 304 g/mol. The zero-order chi connectivity index (χ0) is 15.9. The van der Waals surface area contributed by atoms with Crippen LogP contribution >= 0.6 is 0 Å². The average molecular weight is 324 g/mol. The van der Waals surface area contributed by atoms with E-state index in [1.54, 1.807) is 0 Å². The first-order chi connectivity index (χ1) is 9.86. The molecule has 21 heavy (non-hydrogen) atoms. The molecule has 0 bridgehead atoms. The molecule has 122 valence electrons. The highest BCUT2D eigenvalue weighted by atomic mass is 32.2. The number of methoxy groups -OCH3 is 1. The maximum absolute atomic E-state index is 12.0. The van der Waals surface area contributed by atoms with Crippen molar-refractivity contribution in [2.24, 2.45) is 0 Å². The van der Waals surface area contributed by atoms with Gasteiger partial charge in [0.25, 0.3) is 0 Å². The van der Waals surface area contributed by atoms with Crippen molar-refractivity contribution in [3.8, 4) is 0 Å². The van der Waals surface area contributed by atoms with Crippen LogP contribution in [0.1, 0.15) is 6.42 Å². The first-order valence-corrected chi connectivity index (χ1v) is 8.05. The van der Waals surface area contributed by atoms with Crippen molar-refractivity contribution >= 4 is 21.9 Å². The lowest BCUT2D eigenvalue weighted by molar-refractivity contribution is -0.148. The summed E-state index contributed by atoms with van der Waals surface area (Å²) in [6.07, 6.45) is -1.37. The van der Waals surface area contributed by atoms with Gasteiger partial charge in [0, 0.05) is 26.6 Å². The summed E-state index contributed by atoms with van der Waals surface area (Å²) in [5.74, 6) is -2.04. The van der Waals surface area contributed by atoms with E-state index in [0.29, 0.717) is 13.2 Å². The van der Waals surface area contributed by atoms with E-state index in [1.807, 2.05) is 0 Å². The molecule has 1 rings (SSSR count). The predicted octanol–water partition coefficient (Wildman–Crippen LogP) is -1.75. The summed E-state index contributed by atoms with van der Waals surface area (Å²) in [4.78, 5) is 22.2. The van der Waals surface area contributed by atoms with Crippen molar-refractivity contribution in [1.82, 2.24) is 9.62 Å². The van der Waals surface area contributed by atoms with E-state index >= 15 is 0 Å². The van der Waals surface area contributed by atoms with E-state index in [0.717, 1.165) is 0 Å². The summed E-state index contributed by atoms with van der Waals surface area (Å²) in [5.41, 5.74) is 0. The van der Waals surface area contributed by atoms with Crippen LogP contribution in [0.15, 0.2) is 0 Å². The van der Waals surface area contributed by atoms with Crippen LogP contribution in [0.4, 0.5) is 0 Å². The molecule has 0 saturated carbocycles. The number of carbonyl (C=O) groups is 2. The number of carboxylic acids is 1. The number of nitrogens with zero attached hydrogens (tertiary/aromatic N) is 1. The highest BCUT2D eigenvalue weighted by Crippen LogP contribution is 2.06. The molecule has 0 aromatic carbocycles. The number of nitrogens with one attached hydrogen (secondary N) is 1. The van der Waals surface area contributed by atoms with Gasteiger partial charge in [-0.2, -0.15) is 4.31 Å². The number of ether oxygens (including phenoxy) is 2. The highest BCUT2D eigenvalue weighted by Gasteiger charge is 2.25. The zero-order valence-corrected chi connectivity index (χ0v) is 12.6. The molecule has 1 heterocycles. The number of hydrogen-bond acceptors (Lipinski definition) is 6. The summed E-state index contributed by atoms with van der Waals surface area (Å²) in [7, 11) is -2.28. The second-order valence-corrected chi connectivity index (χ2v) is 6.53. The third kappa shape index (κ3) is 5.96. The smallest absolute Gasteiger partial charge is 0.334 e. The Kier molecular flexibility index (Phi) is 7.02. The number of aliphatic carboxylic acids is 1. The van der Waals surface area contributed by atoms with Crippen LogP contribution in [-0.4, -0.2) is 81.5 Å². The standard InChI is InChI=1S/C11H20N2O7S/c1-19-9(11(15)16)8-12-10(14)2-7-21(17,18)13-3-5-20-6-4-13/h9H,2-8H2,1H3,(H,12,14)(H,15,16). The molecule has 1 amide bonds. The Morgan fingerprint density at radius 3 is 2.52 bits per heavy atom. The number of carbonyl (C=O) groups excluding carboxylic acids is 1. The molecule has 1 atom stereocenters. The lowest BCUT2D eigenvalue weighted by atomic mass is 10.3. The van der Waals surface area contributed by atoms with Gasteiger partial charge in [-0.1, -0.05) is 0 Å². The monoisotopic (exact) mass is 324 g/mol. The third-order valence-corrected chi connectivity index (χ3v) is 4.87. The molecule has 9 nitrogen and oxygen atoms in total. The molecule has 0 aromatic rings. The van der Waals surface area contributed by atoms with Gasteiger partial charge in [0.2, 0.25) is 15.9 Å². The van der Waals surface area contributed by atoms with E-state index < -0.39 is 28.0 Å². The SMILES string of the molecule is COC(CNC(=O)CCS(=O)(=O)N1CCOCC1)C(=O)O. The van der Waals surface area contributed by atoms with Gasteiger partial charge in [0.15, 0.2) is 6.10 Å². The fraction of sp³-hybridized carbons (Fsp3) is 0.818. The second-order valence-electron chi connectivity index (χ2n) is 4.44. The maximum atomic E-state index is 12.0. The number of hydrogen-bond donors (Lipinski definition) is 2. The summed E-state index contributed by atoms with van der Waals surface area (Å²) in [6, 6.07) is 0. The van der Waals surface area contributed by atoms with Crippen LogP contribution in [-0.2, 0) is 29.1 Å². The van der Waals surface area contributed by atoms with Gasteiger partial charge in [0.1, 0.15) is 0 Å². The number of amides is 1. The van der Waals surface area contributed by atoms with E-state index in [-0.39, 0.29) is 31.8 Å². The van der Waals surface area contributed by atoms with Crippen LogP contribution < -0.4 is 5.32 Å². The van der Waals surface area contributed by atoms with Gasteiger partial charge in [-0.3, -0.25) is 4.79 Å². The van der Waals surface area contributed by atoms with Crippen molar-refractivity contribution in [3.05, 3.63) is 0 Å². The van der Waals surface area contributed by atoms with Crippen molar-refractivity contribution < 1.29 is 32.6 Å². The fourth-order valence-electron chi connectivity index (χ4n) is 1.74. The normalized spacial score (nSPS) is 18.1. The first kappa shape index (κ1) is 17.8. The van der Waals surface area contributed by atoms with Gasteiger partial charge >= 0.3 is 5.97 Å². The molecule has 10 heteroatoms. The largest absolute Gasteiger partial charge is 0.479 e. The van der Waals surface area contributed by atoms with E-state index in [2.05, 4.69) is 10.1 Å². The van der Waals surface area contributed by atoms with Gasteiger partial charge in [-0.25, -0.2) is 13.2 Å². The van der Waals surface area contributed by atoms with Gasteiger partial charge in [0.05, 0.1) is 25.5 Å². The van der Waals surface area contributed by atoms with E-state index in [1.165, 1.54) is 11.4 Å². The molecule has 0 radical (unpaired) electrons. The van der Waals surface area contributed by atoms with Crippen LogP contribution in [0, 0.1) is 0 Å². The van der Waals surface area contributed by atoms with E-state index in [4.69, 9.17) is 9.84 Å². The van der Waals surface area contributed by atoms with Crippen molar-refractivity contribution in [1.29, 1.82) is 0 Å². The summed E-state index contributed by atoms with van der Waals surface area (Å²) in [5, 5.41) is 11.1. The molecule has 1 fully saturated rings. The Morgan fingerprint density at radius 2 is 2.00 bits per heavy atom. The minimum atomic E-state index is -3.49. The minimum absolute atomic E-state index is 0.206. The molecule has 0 aliphatic carbocycles. The zero-order valence-electron chi connectivity index (χ0n) is 11.8. The lowest BCUT2D eigenvalue weighted by Gasteiger charge is -2.25. The maximum Gasteiger partial charge on any atom is 0.334 e. The summed E-state index contributed by atoms with van der Waals surface area (Å²) < 4.78 is 34.9. The number of carboxylic acid groups (broad SMARTS) is 1. The topological polar surface area (TPSA) is 122 Å². The molecular formula is C11H20N2O7S. The van der Waals surface area contributed by atoms with Crippen LogP contribution in [0.3, 0.4) is 0 Å². The van der Waals surface area contributed by atoms with Gasteiger partial charge in [-0.15, -0.1) is 0 Å². The minimum Gasteiger partial charge on any atom is -0.479 e. The van der Waals surface area contributed by atoms with Gasteiger partial charge in [-0.05, 0) is 0 Å². The molecule has 0 spiro atoms. The third-order valence-electron chi connectivity index (χ3n) is 3.00. The van der Waals surface area contributed by atoms with Crippen LogP contribution in [0.5, 0.6) is 0 Å². The van der Waals surface area contributed by atoms with Crippen LogP contribution in [0.2, 0.25) is 0 Å². The summed E-state index contributed by atoms with van der Waals surface area (Å²) in [6.45, 7) is 1.06. The second kappa shape index (κ2) is 8.27. The Balaban J connectivity index is 2.36. The molecule has 2 N–H and O–H groups in total. The number of morpholine rings is 1. The molecule has 0 aromatic heterocycles. The Labute approximate surface area is 123 Å². The highest BCUT2D eigenvalue weighted by molar-refractivity contribution is 7.89. The van der Waals surface area contributed by atoms with Crippen molar-refractivity contribution in [2.75, 3.05) is 45.7 Å². The van der Waals surface area contributed by atoms with Crippen molar-refractivity contribution in [2.45, 2.75) is 12.5 Å². The lowest BCUT2D eigenvalue weighted by Crippen LogP contribution is -2.43. The fourth-order valence-corrected chi connectivity index (χ4v) is 3.15.